The molecule has 0 amide bonds. The van der Waals surface area contributed by atoms with Crippen molar-refractivity contribution in [1.29, 1.82) is 0 Å². The average molecular weight is 298 g/mol. The molecular weight excluding hydrogens is 275 g/mol. The smallest absolute Gasteiger partial charge is 0.194 e. The van der Waals surface area contributed by atoms with Crippen LogP contribution in [-0.4, -0.2) is 13.2 Å². The second-order valence-electron chi connectivity index (χ2n) is 6.49. The van der Waals surface area contributed by atoms with Crippen LogP contribution in [0.1, 0.15) is 51.5 Å². The lowest BCUT2D eigenvalue weighted by Crippen LogP contribution is -2.44. The summed E-state index contributed by atoms with van der Waals surface area (Å²) in [4.78, 5) is 0. The number of benzene rings is 1. The highest BCUT2D eigenvalue weighted by molar-refractivity contribution is 7.87. The molecule has 2 rings (SSSR count). The third-order valence-electron chi connectivity index (χ3n) is 4.99. The van der Waals surface area contributed by atoms with Crippen LogP contribution in [0.5, 0.6) is 0 Å². The summed E-state index contributed by atoms with van der Waals surface area (Å²) in [6, 6.07) is 9.50. The van der Waals surface area contributed by atoms with Crippen molar-refractivity contribution in [3.63, 3.8) is 0 Å². The first kappa shape index (κ1) is 15.5. The molecule has 1 fully saturated rings. The van der Waals surface area contributed by atoms with Crippen molar-refractivity contribution in [3.05, 3.63) is 35.9 Å². The highest BCUT2D eigenvalue weighted by atomic mass is 32.3. The van der Waals surface area contributed by atoms with Gasteiger partial charge < -0.3 is 0 Å². The van der Waals surface area contributed by atoms with Gasteiger partial charge in [0.05, 0.1) is 0 Å². The van der Waals surface area contributed by atoms with Gasteiger partial charge in [0.2, 0.25) is 0 Å². The lowest BCUT2D eigenvalue weighted by atomic mass is 9.68. The van der Waals surface area contributed by atoms with Crippen LogP contribution in [0.3, 0.4) is 0 Å². The van der Waals surface area contributed by atoms with Gasteiger partial charge in [-0.05, 0) is 43.6 Å². The summed E-state index contributed by atoms with van der Waals surface area (Å²) < 4.78 is 36.0. The van der Waals surface area contributed by atoms with Crippen molar-refractivity contribution < 1.29 is 12.3 Å². The molecule has 1 aliphatic carbocycles. The molecule has 1 aliphatic rings. The van der Waals surface area contributed by atoms with Gasteiger partial charge in [0, 0.05) is 5.92 Å². The van der Waals surface area contributed by atoms with Gasteiger partial charge in [0.1, 0.15) is 4.75 Å². The molecule has 3 atom stereocenters. The summed E-state index contributed by atoms with van der Waals surface area (Å²) in [6.07, 6.45) is 1.91. The van der Waals surface area contributed by atoms with E-state index in [0.29, 0.717) is 18.3 Å². The Bertz CT molecular complexity index is 553. The van der Waals surface area contributed by atoms with Crippen LogP contribution in [0.25, 0.3) is 0 Å². The Morgan fingerprint density at radius 2 is 1.85 bits per heavy atom. The van der Waals surface area contributed by atoms with Gasteiger partial charge in [-0.1, -0.05) is 44.2 Å². The lowest BCUT2D eigenvalue weighted by molar-refractivity contribution is 0.213. The normalized spacial score (nSPS) is 31.4. The van der Waals surface area contributed by atoms with E-state index in [1.54, 1.807) is 6.92 Å². The maximum Gasteiger partial charge on any atom is 0.308 e. The van der Waals surface area contributed by atoms with E-state index >= 15 is 0 Å². The van der Waals surface area contributed by atoms with Crippen LogP contribution < -0.4 is 0 Å². The van der Waals surface area contributed by atoms with E-state index in [2.05, 4.69) is 13.8 Å². The quantitative estimate of drug-likeness (QED) is 0.780. The molecule has 2 nitrogen and oxygen atoms in total. The van der Waals surface area contributed by atoms with Crippen LogP contribution in [0, 0.1) is 11.8 Å². The maximum absolute atomic E-state index is 13.9. The zero-order chi connectivity index (χ0) is 15.0. The first-order valence-electron chi connectivity index (χ1n) is 7.25. The fourth-order valence-electron chi connectivity index (χ4n) is 3.39. The van der Waals surface area contributed by atoms with Crippen molar-refractivity contribution in [3.8, 4) is 0 Å². The molecule has 0 spiro atoms. The standard InChI is InChI=1S/C16H23FO2S/c1-12(2)14-9-10-16(3,20(17,18)19)15(11-14)13-7-5-4-6-8-13/h4-8,12,14-15H,9-11H2,1-3H3. The van der Waals surface area contributed by atoms with Crippen molar-refractivity contribution in [2.24, 2.45) is 11.8 Å². The molecule has 1 aromatic rings. The van der Waals surface area contributed by atoms with E-state index in [-0.39, 0.29) is 5.92 Å². The van der Waals surface area contributed by atoms with E-state index < -0.39 is 15.0 Å². The Kier molecular flexibility index (Phi) is 4.24. The number of hydrogen-bond donors (Lipinski definition) is 0. The number of hydrogen-bond acceptors (Lipinski definition) is 2. The molecule has 3 unspecified atom stereocenters. The van der Waals surface area contributed by atoms with Gasteiger partial charge in [0.15, 0.2) is 0 Å². The summed E-state index contributed by atoms with van der Waals surface area (Å²) in [6.45, 7) is 5.87. The predicted molar refractivity (Wildman–Crippen MR) is 79.8 cm³/mol. The molecule has 0 N–H and O–H groups in total. The van der Waals surface area contributed by atoms with Gasteiger partial charge in [-0.15, -0.1) is 3.89 Å². The topological polar surface area (TPSA) is 34.1 Å². The fraction of sp³-hybridized carbons (Fsp3) is 0.625. The maximum atomic E-state index is 13.9. The average Bonchev–Trinajstić information content (AvgIpc) is 2.38. The molecule has 0 radical (unpaired) electrons. The molecule has 112 valence electrons. The van der Waals surface area contributed by atoms with Crippen molar-refractivity contribution >= 4 is 10.2 Å². The van der Waals surface area contributed by atoms with Crippen LogP contribution in [0.4, 0.5) is 3.89 Å². The molecule has 0 heterocycles. The molecule has 0 aliphatic heterocycles. The highest BCUT2D eigenvalue weighted by Crippen LogP contribution is 2.49. The SMILES string of the molecule is CC(C)C1CCC(C)(S(=O)(=O)F)C(c2ccccc2)C1. The van der Waals surface area contributed by atoms with Gasteiger partial charge in [-0.25, -0.2) is 0 Å². The summed E-state index contributed by atoms with van der Waals surface area (Å²) in [7, 11) is -4.57. The van der Waals surface area contributed by atoms with Crippen LogP contribution in [0.2, 0.25) is 0 Å². The zero-order valence-electron chi connectivity index (χ0n) is 12.3. The minimum Gasteiger partial charge on any atom is -0.194 e. The number of rotatable bonds is 3. The zero-order valence-corrected chi connectivity index (χ0v) is 13.2. The minimum atomic E-state index is -4.57. The van der Waals surface area contributed by atoms with Gasteiger partial charge in [-0.2, -0.15) is 8.42 Å². The Morgan fingerprint density at radius 1 is 1.25 bits per heavy atom. The second-order valence-corrected chi connectivity index (χ2v) is 8.30. The molecule has 1 aromatic carbocycles. The first-order chi connectivity index (χ1) is 9.25. The van der Waals surface area contributed by atoms with Gasteiger partial charge >= 0.3 is 10.2 Å². The molecule has 4 heteroatoms. The van der Waals surface area contributed by atoms with E-state index in [4.69, 9.17) is 0 Å². The van der Waals surface area contributed by atoms with Crippen LogP contribution >= 0.6 is 0 Å². The molecule has 20 heavy (non-hydrogen) atoms. The summed E-state index contributed by atoms with van der Waals surface area (Å²) in [5.74, 6) is 0.683. The lowest BCUT2D eigenvalue weighted by Gasteiger charge is -2.43. The van der Waals surface area contributed by atoms with Gasteiger partial charge in [-0.3, -0.25) is 0 Å². The van der Waals surface area contributed by atoms with E-state index in [9.17, 15) is 12.3 Å². The fourth-order valence-corrected chi connectivity index (χ4v) is 4.32. The Balaban J connectivity index is 2.43. The largest absolute Gasteiger partial charge is 0.308 e. The second kappa shape index (κ2) is 5.47. The summed E-state index contributed by atoms with van der Waals surface area (Å²) in [5.41, 5.74) is 0.932. The van der Waals surface area contributed by atoms with E-state index in [0.717, 1.165) is 18.4 Å². The highest BCUT2D eigenvalue weighted by Gasteiger charge is 2.50. The number of halogens is 1. The third-order valence-corrected chi connectivity index (χ3v) is 6.59. The molecular formula is C16H23FO2S. The van der Waals surface area contributed by atoms with Gasteiger partial charge in [0.25, 0.3) is 0 Å². The molecule has 0 bridgehead atoms. The summed E-state index contributed by atoms with van der Waals surface area (Å²) in [5, 5.41) is 0. The molecule has 0 aromatic heterocycles. The van der Waals surface area contributed by atoms with E-state index in [1.807, 2.05) is 30.3 Å². The van der Waals surface area contributed by atoms with Crippen molar-refractivity contribution in [2.75, 3.05) is 0 Å². The summed E-state index contributed by atoms with van der Waals surface area (Å²) >= 11 is 0. The molecule has 0 saturated heterocycles. The van der Waals surface area contributed by atoms with Crippen molar-refractivity contribution in [2.45, 2.75) is 50.7 Å². The predicted octanol–water partition coefficient (Wildman–Crippen LogP) is 4.28. The monoisotopic (exact) mass is 298 g/mol. The Labute approximate surface area is 121 Å². The Morgan fingerprint density at radius 3 is 2.35 bits per heavy atom. The van der Waals surface area contributed by atoms with Crippen molar-refractivity contribution in [1.82, 2.24) is 0 Å². The van der Waals surface area contributed by atoms with Crippen LogP contribution in [-0.2, 0) is 10.2 Å². The Hall–Kier alpha value is -0.900. The minimum absolute atomic E-state index is 0.264. The van der Waals surface area contributed by atoms with Crippen LogP contribution in [0.15, 0.2) is 30.3 Å². The first-order valence-corrected chi connectivity index (χ1v) is 8.63. The third kappa shape index (κ3) is 2.76. The van der Waals surface area contributed by atoms with E-state index in [1.165, 1.54) is 0 Å². The molecule has 1 saturated carbocycles.